The van der Waals surface area contributed by atoms with Crippen LogP contribution in [0.2, 0.25) is 0 Å². The van der Waals surface area contributed by atoms with Crippen LogP contribution in [0.4, 0.5) is 11.4 Å². The normalized spacial score (nSPS) is 11.9. The number of nitro benzene ring substituents is 1. The van der Waals surface area contributed by atoms with Crippen molar-refractivity contribution in [2.45, 2.75) is 6.04 Å². The molecule has 1 atom stereocenters. The van der Waals surface area contributed by atoms with Gasteiger partial charge in [-0.1, -0.05) is 0 Å². The first-order valence-electron chi connectivity index (χ1n) is 5.37. The third kappa shape index (κ3) is 3.90. The Bertz CT molecular complexity index is 476. The number of aromatic carboxylic acids is 1. The van der Waals surface area contributed by atoms with Gasteiger partial charge in [-0.15, -0.1) is 0 Å². The summed E-state index contributed by atoms with van der Waals surface area (Å²) in [5.74, 6) is -1.39. The number of benzene rings is 1. The van der Waals surface area contributed by atoms with Gasteiger partial charge in [0.15, 0.2) is 0 Å². The largest absolute Gasteiger partial charge is 0.477 e. The highest BCUT2D eigenvalue weighted by Gasteiger charge is 2.20. The van der Waals surface area contributed by atoms with Gasteiger partial charge in [0.25, 0.3) is 5.69 Å². The number of nitrogens with zero attached hydrogens (tertiary/aromatic N) is 1. The highest BCUT2D eigenvalue weighted by Crippen LogP contribution is 2.23. The summed E-state index contributed by atoms with van der Waals surface area (Å²) < 4.78 is 4.86. The second kappa shape index (κ2) is 6.66. The number of hydrogen-bond donors (Lipinski definition) is 3. The molecule has 104 valence electrons. The van der Waals surface area contributed by atoms with Crippen molar-refractivity contribution in [2.75, 3.05) is 25.6 Å². The fourth-order valence-corrected chi connectivity index (χ4v) is 1.53. The van der Waals surface area contributed by atoms with E-state index in [4.69, 9.17) is 14.9 Å². The molecule has 0 saturated carbocycles. The molecule has 8 heteroatoms. The molecule has 1 rings (SSSR count). The van der Waals surface area contributed by atoms with E-state index < -0.39 is 28.2 Å². The van der Waals surface area contributed by atoms with Crippen LogP contribution in [-0.2, 0) is 4.74 Å². The molecule has 8 nitrogen and oxygen atoms in total. The average Bonchev–Trinajstić information content (AvgIpc) is 2.37. The molecule has 0 spiro atoms. The molecule has 0 bridgehead atoms. The number of aliphatic hydroxyl groups is 1. The smallest absolute Gasteiger partial charge is 0.342 e. The predicted molar refractivity (Wildman–Crippen MR) is 66.4 cm³/mol. The molecular weight excluding hydrogens is 256 g/mol. The molecule has 0 fully saturated rings. The zero-order chi connectivity index (χ0) is 14.4. The van der Waals surface area contributed by atoms with Crippen molar-refractivity contribution in [1.29, 1.82) is 0 Å². The fraction of sp³-hybridized carbons (Fsp3) is 0.364. The number of hydrogen-bond acceptors (Lipinski definition) is 6. The number of nitro groups is 1. The van der Waals surface area contributed by atoms with Gasteiger partial charge in [0.1, 0.15) is 5.56 Å². The molecule has 1 aromatic rings. The molecule has 0 aliphatic carbocycles. The Balaban J connectivity index is 3.01. The molecule has 0 radical (unpaired) electrons. The zero-order valence-electron chi connectivity index (χ0n) is 10.2. The van der Waals surface area contributed by atoms with E-state index in [9.17, 15) is 14.9 Å². The number of carboxylic acid groups (broad SMARTS) is 1. The maximum atomic E-state index is 11.0. The van der Waals surface area contributed by atoms with Crippen molar-refractivity contribution in [3.63, 3.8) is 0 Å². The number of aliphatic hydroxyl groups excluding tert-OH is 1. The van der Waals surface area contributed by atoms with Crippen LogP contribution >= 0.6 is 0 Å². The first-order valence-corrected chi connectivity index (χ1v) is 5.37. The van der Waals surface area contributed by atoms with Crippen LogP contribution in [0.3, 0.4) is 0 Å². The van der Waals surface area contributed by atoms with E-state index >= 15 is 0 Å². The molecule has 0 amide bonds. The van der Waals surface area contributed by atoms with Crippen LogP contribution in [0.1, 0.15) is 10.4 Å². The SMILES string of the molecule is COCC(CO)Nc1ccc([N+](=O)[O-])c(C(=O)O)c1. The van der Waals surface area contributed by atoms with Gasteiger partial charge >= 0.3 is 5.97 Å². The van der Waals surface area contributed by atoms with E-state index in [1.165, 1.54) is 13.2 Å². The number of carbonyl (C=O) groups is 1. The first-order chi connectivity index (χ1) is 8.99. The average molecular weight is 270 g/mol. The Labute approximate surface area is 108 Å². The van der Waals surface area contributed by atoms with Gasteiger partial charge in [-0.25, -0.2) is 4.79 Å². The van der Waals surface area contributed by atoms with Crippen molar-refractivity contribution in [3.05, 3.63) is 33.9 Å². The van der Waals surface area contributed by atoms with E-state index in [1.807, 2.05) is 0 Å². The minimum atomic E-state index is -1.39. The number of ether oxygens (including phenoxy) is 1. The van der Waals surface area contributed by atoms with Crippen LogP contribution < -0.4 is 5.32 Å². The van der Waals surface area contributed by atoms with Gasteiger partial charge in [-0.3, -0.25) is 10.1 Å². The van der Waals surface area contributed by atoms with Crippen molar-refractivity contribution >= 4 is 17.3 Å². The van der Waals surface area contributed by atoms with Crippen molar-refractivity contribution in [3.8, 4) is 0 Å². The number of rotatable bonds is 7. The predicted octanol–water partition coefficient (Wildman–Crippen LogP) is 0.712. The summed E-state index contributed by atoms with van der Waals surface area (Å²) in [6.45, 7) is 0.00310. The Morgan fingerprint density at radius 1 is 1.58 bits per heavy atom. The van der Waals surface area contributed by atoms with Crippen LogP contribution in [0, 0.1) is 10.1 Å². The molecule has 0 aliphatic heterocycles. The Morgan fingerprint density at radius 2 is 2.26 bits per heavy atom. The van der Waals surface area contributed by atoms with Gasteiger partial charge in [0.2, 0.25) is 0 Å². The molecular formula is C11H14N2O6. The van der Waals surface area contributed by atoms with Crippen LogP contribution in [-0.4, -0.2) is 47.5 Å². The molecule has 1 unspecified atom stereocenters. The first kappa shape index (κ1) is 14.9. The fourth-order valence-electron chi connectivity index (χ4n) is 1.53. The maximum Gasteiger partial charge on any atom is 0.342 e. The van der Waals surface area contributed by atoms with Crippen LogP contribution in [0.15, 0.2) is 18.2 Å². The quantitative estimate of drug-likeness (QED) is 0.492. The lowest BCUT2D eigenvalue weighted by molar-refractivity contribution is -0.385. The van der Waals surface area contributed by atoms with Gasteiger partial charge in [0.05, 0.1) is 24.2 Å². The minimum Gasteiger partial charge on any atom is -0.477 e. The highest BCUT2D eigenvalue weighted by molar-refractivity contribution is 5.93. The summed E-state index contributed by atoms with van der Waals surface area (Å²) in [6, 6.07) is 3.21. The summed E-state index contributed by atoms with van der Waals surface area (Å²) in [4.78, 5) is 20.9. The van der Waals surface area contributed by atoms with E-state index in [0.717, 1.165) is 12.1 Å². The Hall–Kier alpha value is -2.19. The molecule has 0 aliphatic rings. The van der Waals surface area contributed by atoms with Crippen LogP contribution in [0.5, 0.6) is 0 Å². The minimum absolute atomic E-state index is 0.215. The molecule has 19 heavy (non-hydrogen) atoms. The summed E-state index contributed by atoms with van der Waals surface area (Å²) in [5, 5.41) is 31.5. The summed E-state index contributed by atoms with van der Waals surface area (Å²) in [7, 11) is 1.46. The van der Waals surface area contributed by atoms with Gasteiger partial charge in [-0.2, -0.15) is 0 Å². The Morgan fingerprint density at radius 3 is 2.74 bits per heavy atom. The topological polar surface area (TPSA) is 122 Å². The lowest BCUT2D eigenvalue weighted by Crippen LogP contribution is -2.28. The zero-order valence-corrected chi connectivity index (χ0v) is 10.2. The third-order valence-corrected chi connectivity index (χ3v) is 2.38. The van der Waals surface area contributed by atoms with Crippen molar-refractivity contribution < 1.29 is 24.7 Å². The van der Waals surface area contributed by atoms with Crippen molar-refractivity contribution in [2.24, 2.45) is 0 Å². The highest BCUT2D eigenvalue weighted by atomic mass is 16.6. The van der Waals surface area contributed by atoms with E-state index in [2.05, 4.69) is 5.32 Å². The van der Waals surface area contributed by atoms with Gasteiger partial charge in [0, 0.05) is 18.9 Å². The second-order valence-corrected chi connectivity index (χ2v) is 3.77. The van der Waals surface area contributed by atoms with E-state index in [-0.39, 0.29) is 13.2 Å². The lowest BCUT2D eigenvalue weighted by Gasteiger charge is -2.16. The molecule has 3 N–H and O–H groups in total. The number of methoxy groups -OCH3 is 1. The number of nitrogens with one attached hydrogen (secondary N) is 1. The van der Waals surface area contributed by atoms with Gasteiger partial charge in [-0.05, 0) is 12.1 Å². The third-order valence-electron chi connectivity index (χ3n) is 2.38. The number of anilines is 1. The van der Waals surface area contributed by atoms with E-state index in [0.29, 0.717) is 5.69 Å². The summed E-state index contributed by atoms with van der Waals surface area (Å²) in [6.07, 6.45) is 0. The number of carboxylic acids is 1. The standard InChI is InChI=1S/C11H14N2O6/c1-19-6-8(5-14)12-7-2-3-10(13(17)18)9(4-7)11(15)16/h2-4,8,12,14H,5-6H2,1H3,(H,15,16). The van der Waals surface area contributed by atoms with Gasteiger partial charge < -0.3 is 20.3 Å². The molecule has 0 heterocycles. The molecule has 0 aromatic heterocycles. The molecule has 0 saturated heterocycles. The van der Waals surface area contributed by atoms with Crippen LogP contribution in [0.25, 0.3) is 0 Å². The lowest BCUT2D eigenvalue weighted by atomic mass is 10.1. The monoisotopic (exact) mass is 270 g/mol. The second-order valence-electron chi connectivity index (χ2n) is 3.77. The summed E-state index contributed by atoms with van der Waals surface area (Å²) in [5.41, 5.74) is -0.534. The molecule has 1 aromatic carbocycles. The van der Waals surface area contributed by atoms with E-state index in [1.54, 1.807) is 0 Å². The maximum absolute atomic E-state index is 11.0. The summed E-state index contributed by atoms with van der Waals surface area (Å²) >= 11 is 0. The Kier molecular flexibility index (Phi) is 5.22. The van der Waals surface area contributed by atoms with Crippen molar-refractivity contribution in [1.82, 2.24) is 0 Å².